The van der Waals surface area contributed by atoms with Crippen molar-refractivity contribution in [1.82, 2.24) is 15.6 Å². The van der Waals surface area contributed by atoms with Crippen LogP contribution in [0.2, 0.25) is 0 Å². The third kappa shape index (κ3) is 6.74. The number of nitrogens with zero attached hydrogens (tertiary/aromatic N) is 2. The van der Waals surface area contributed by atoms with Gasteiger partial charge in [0.25, 0.3) is 0 Å². The van der Waals surface area contributed by atoms with E-state index in [0.717, 1.165) is 28.8 Å². The van der Waals surface area contributed by atoms with Crippen LogP contribution in [0.1, 0.15) is 43.1 Å². The predicted octanol–water partition coefficient (Wildman–Crippen LogP) is 3.88. The van der Waals surface area contributed by atoms with Crippen molar-refractivity contribution in [3.63, 3.8) is 0 Å². The van der Waals surface area contributed by atoms with Crippen LogP contribution in [-0.4, -0.2) is 23.1 Å². The number of aliphatic imine (C=N–C) groups is 1. The van der Waals surface area contributed by atoms with Crippen molar-refractivity contribution in [2.45, 2.75) is 53.3 Å². The first-order valence-corrected chi connectivity index (χ1v) is 9.39. The maximum atomic E-state index is 6.04. The first-order chi connectivity index (χ1) is 11.9. The smallest absolute Gasteiger partial charge is 0.191 e. The van der Waals surface area contributed by atoms with Crippen molar-refractivity contribution in [2.75, 3.05) is 6.54 Å². The molecule has 1 aromatic carbocycles. The lowest BCUT2D eigenvalue weighted by molar-refractivity contribution is 0.129. The molecule has 0 radical (unpaired) electrons. The second-order valence-electron chi connectivity index (χ2n) is 6.74. The molecule has 0 bridgehead atoms. The van der Waals surface area contributed by atoms with E-state index in [1.54, 1.807) is 11.3 Å². The molecule has 0 saturated heterocycles. The van der Waals surface area contributed by atoms with E-state index in [4.69, 9.17) is 4.74 Å². The Kier molecular flexibility index (Phi) is 6.82. The molecule has 2 N–H and O–H groups in total. The van der Waals surface area contributed by atoms with E-state index >= 15 is 0 Å². The Balaban J connectivity index is 2.05. The average molecular weight is 361 g/mol. The van der Waals surface area contributed by atoms with Crippen LogP contribution in [0, 0.1) is 6.92 Å². The monoisotopic (exact) mass is 360 g/mol. The summed E-state index contributed by atoms with van der Waals surface area (Å²) in [4.78, 5) is 10.3. The number of nitrogens with one attached hydrogen (secondary N) is 2. The molecule has 0 unspecified atom stereocenters. The molecule has 0 amide bonds. The third-order valence-electron chi connectivity index (χ3n) is 3.22. The number of aromatic nitrogens is 1. The molecule has 0 aliphatic rings. The summed E-state index contributed by atoms with van der Waals surface area (Å²) in [6.07, 6.45) is 1.89. The van der Waals surface area contributed by atoms with Gasteiger partial charge in [-0.15, -0.1) is 11.3 Å². The third-order valence-corrected chi connectivity index (χ3v) is 4.13. The van der Waals surface area contributed by atoms with Crippen LogP contribution in [0.5, 0.6) is 5.75 Å². The van der Waals surface area contributed by atoms with Crippen LogP contribution >= 0.6 is 11.3 Å². The summed E-state index contributed by atoms with van der Waals surface area (Å²) in [6.45, 7) is 12.3. The standard InChI is InChI=1S/C19H28N4OS/c1-6-20-18(23-13-17-21-11-14(2)25-17)22-12-15-9-7-8-10-16(15)24-19(3,4)5/h7-11H,6,12-13H2,1-5H3,(H2,20,22,23). The molecule has 25 heavy (non-hydrogen) atoms. The van der Waals surface area contributed by atoms with Crippen molar-refractivity contribution in [1.29, 1.82) is 0 Å². The van der Waals surface area contributed by atoms with Gasteiger partial charge in [-0.1, -0.05) is 18.2 Å². The lowest BCUT2D eigenvalue weighted by Gasteiger charge is -2.23. The Morgan fingerprint density at radius 3 is 2.64 bits per heavy atom. The molecular formula is C19H28N4OS. The fourth-order valence-corrected chi connectivity index (χ4v) is 2.94. The van der Waals surface area contributed by atoms with Gasteiger partial charge >= 0.3 is 0 Å². The summed E-state index contributed by atoms with van der Waals surface area (Å²) in [5.41, 5.74) is 0.838. The van der Waals surface area contributed by atoms with Gasteiger partial charge in [0.2, 0.25) is 0 Å². The molecule has 1 aromatic heterocycles. The molecule has 0 saturated carbocycles. The minimum atomic E-state index is -0.231. The molecule has 136 valence electrons. The number of benzene rings is 1. The summed E-state index contributed by atoms with van der Waals surface area (Å²) in [7, 11) is 0. The zero-order chi connectivity index (χ0) is 18.3. The Bertz CT molecular complexity index is 703. The van der Waals surface area contributed by atoms with Gasteiger partial charge in [-0.25, -0.2) is 9.98 Å². The maximum absolute atomic E-state index is 6.04. The Morgan fingerprint density at radius 1 is 1.24 bits per heavy atom. The van der Waals surface area contributed by atoms with E-state index in [1.807, 2.05) is 24.4 Å². The number of rotatable bonds is 6. The van der Waals surface area contributed by atoms with Crippen LogP contribution < -0.4 is 15.4 Å². The molecule has 0 aliphatic heterocycles. The number of ether oxygens (including phenoxy) is 1. The fourth-order valence-electron chi connectivity index (χ4n) is 2.21. The second kappa shape index (κ2) is 8.85. The highest BCUT2D eigenvalue weighted by Gasteiger charge is 2.14. The first kappa shape index (κ1) is 19.2. The summed E-state index contributed by atoms with van der Waals surface area (Å²) in [6, 6.07) is 8.05. The van der Waals surface area contributed by atoms with Gasteiger partial charge < -0.3 is 15.4 Å². The first-order valence-electron chi connectivity index (χ1n) is 8.58. The van der Waals surface area contributed by atoms with E-state index < -0.39 is 0 Å². The summed E-state index contributed by atoms with van der Waals surface area (Å²) < 4.78 is 6.04. The molecular weight excluding hydrogens is 332 g/mol. The normalized spacial score (nSPS) is 12.1. The molecule has 0 fully saturated rings. The predicted molar refractivity (Wildman–Crippen MR) is 105 cm³/mol. The van der Waals surface area contributed by atoms with Gasteiger partial charge in [0, 0.05) is 23.2 Å². The molecule has 2 aromatic rings. The lowest BCUT2D eigenvalue weighted by Crippen LogP contribution is -2.36. The number of hydrogen-bond acceptors (Lipinski definition) is 4. The van der Waals surface area contributed by atoms with Gasteiger partial charge in [-0.05, 0) is 40.7 Å². The number of aryl methyl sites for hydroxylation is 1. The number of hydrogen-bond donors (Lipinski definition) is 2. The molecule has 1 heterocycles. The Morgan fingerprint density at radius 2 is 2.00 bits per heavy atom. The highest BCUT2D eigenvalue weighted by molar-refractivity contribution is 7.11. The van der Waals surface area contributed by atoms with Gasteiger partial charge in [-0.3, -0.25) is 0 Å². The Hall–Kier alpha value is -2.08. The Labute approximate surface area is 154 Å². The van der Waals surface area contributed by atoms with E-state index in [0.29, 0.717) is 13.1 Å². The molecule has 0 atom stereocenters. The molecule has 6 heteroatoms. The SMILES string of the molecule is CCNC(=NCc1ccccc1OC(C)(C)C)NCc1ncc(C)s1. The minimum Gasteiger partial charge on any atom is -0.488 e. The molecule has 2 rings (SSSR count). The van der Waals surface area contributed by atoms with E-state index in [1.165, 1.54) is 4.88 Å². The van der Waals surface area contributed by atoms with Crippen molar-refractivity contribution >= 4 is 17.3 Å². The highest BCUT2D eigenvalue weighted by atomic mass is 32.1. The van der Waals surface area contributed by atoms with Gasteiger partial charge in [0.05, 0.1) is 13.1 Å². The summed E-state index contributed by atoms with van der Waals surface area (Å²) in [5, 5.41) is 7.66. The van der Waals surface area contributed by atoms with Crippen LogP contribution in [0.25, 0.3) is 0 Å². The van der Waals surface area contributed by atoms with Gasteiger partial charge in [-0.2, -0.15) is 0 Å². The zero-order valence-electron chi connectivity index (χ0n) is 15.7. The molecule has 0 spiro atoms. The fraction of sp³-hybridized carbons (Fsp3) is 0.474. The highest BCUT2D eigenvalue weighted by Crippen LogP contribution is 2.23. The van der Waals surface area contributed by atoms with E-state index in [9.17, 15) is 0 Å². The zero-order valence-corrected chi connectivity index (χ0v) is 16.5. The van der Waals surface area contributed by atoms with Gasteiger partial charge in [0.15, 0.2) is 5.96 Å². The number of thiazole rings is 1. The van der Waals surface area contributed by atoms with Crippen LogP contribution in [0.15, 0.2) is 35.5 Å². The molecule has 5 nitrogen and oxygen atoms in total. The largest absolute Gasteiger partial charge is 0.488 e. The van der Waals surface area contributed by atoms with Crippen molar-refractivity contribution in [3.05, 3.63) is 45.9 Å². The summed E-state index contributed by atoms with van der Waals surface area (Å²) in [5.74, 6) is 1.66. The lowest BCUT2D eigenvalue weighted by atomic mass is 10.1. The van der Waals surface area contributed by atoms with E-state index in [2.05, 4.69) is 61.3 Å². The van der Waals surface area contributed by atoms with Crippen LogP contribution in [0.3, 0.4) is 0 Å². The van der Waals surface area contributed by atoms with E-state index in [-0.39, 0.29) is 5.60 Å². The van der Waals surface area contributed by atoms with Crippen LogP contribution in [0.4, 0.5) is 0 Å². The molecule has 0 aliphatic carbocycles. The van der Waals surface area contributed by atoms with Crippen molar-refractivity contribution in [3.8, 4) is 5.75 Å². The minimum absolute atomic E-state index is 0.231. The van der Waals surface area contributed by atoms with Crippen molar-refractivity contribution in [2.24, 2.45) is 4.99 Å². The van der Waals surface area contributed by atoms with Crippen molar-refractivity contribution < 1.29 is 4.74 Å². The van der Waals surface area contributed by atoms with Gasteiger partial charge in [0.1, 0.15) is 16.4 Å². The number of para-hydroxylation sites is 1. The average Bonchev–Trinajstić information content (AvgIpc) is 2.95. The quantitative estimate of drug-likeness (QED) is 0.606. The van der Waals surface area contributed by atoms with Crippen LogP contribution in [-0.2, 0) is 13.1 Å². The maximum Gasteiger partial charge on any atom is 0.191 e. The second-order valence-corrected chi connectivity index (χ2v) is 8.05. The topological polar surface area (TPSA) is 58.5 Å². The summed E-state index contributed by atoms with van der Waals surface area (Å²) >= 11 is 1.69. The number of guanidine groups is 1.